The number of pyridine rings is 1. The van der Waals surface area contributed by atoms with Gasteiger partial charge in [0.15, 0.2) is 0 Å². The molecule has 1 aliphatic heterocycles. The quantitative estimate of drug-likeness (QED) is 0.870. The molecule has 2 aromatic heterocycles. The number of hydrogen-bond donors (Lipinski definition) is 1. The largest absolute Gasteiger partial charge is 0.307 e. The summed E-state index contributed by atoms with van der Waals surface area (Å²) in [5.74, 6) is 1.13. The normalized spacial score (nSPS) is 20.8. The predicted octanol–water partition coefficient (Wildman–Crippen LogP) is 2.83. The third-order valence-electron chi connectivity index (χ3n) is 3.14. The SMILES string of the molecule is Cc1ccc2c(Br)nc(C3CCCN3)n2c1. The van der Waals surface area contributed by atoms with Crippen molar-refractivity contribution in [2.75, 3.05) is 6.54 Å². The minimum absolute atomic E-state index is 0.403. The molecular weight excluding hydrogens is 266 g/mol. The molecule has 3 rings (SSSR count). The Balaban J connectivity index is 2.19. The topological polar surface area (TPSA) is 29.3 Å². The Morgan fingerprint density at radius 2 is 2.38 bits per heavy atom. The van der Waals surface area contributed by atoms with Crippen molar-refractivity contribution in [1.82, 2.24) is 14.7 Å². The lowest BCUT2D eigenvalue weighted by Gasteiger charge is -2.09. The number of imidazole rings is 1. The minimum atomic E-state index is 0.403. The van der Waals surface area contributed by atoms with E-state index in [2.05, 4.69) is 55.9 Å². The highest BCUT2D eigenvalue weighted by Crippen LogP contribution is 2.27. The van der Waals surface area contributed by atoms with Crippen LogP contribution in [-0.2, 0) is 0 Å². The zero-order valence-electron chi connectivity index (χ0n) is 9.20. The van der Waals surface area contributed by atoms with E-state index in [0.717, 1.165) is 22.5 Å². The summed E-state index contributed by atoms with van der Waals surface area (Å²) >= 11 is 3.53. The molecule has 1 N–H and O–H groups in total. The van der Waals surface area contributed by atoms with Crippen LogP contribution < -0.4 is 5.32 Å². The summed E-state index contributed by atoms with van der Waals surface area (Å²) in [5, 5.41) is 3.49. The van der Waals surface area contributed by atoms with Gasteiger partial charge in [-0.2, -0.15) is 0 Å². The van der Waals surface area contributed by atoms with Crippen LogP contribution in [0.3, 0.4) is 0 Å². The van der Waals surface area contributed by atoms with Gasteiger partial charge < -0.3 is 9.72 Å². The summed E-state index contributed by atoms with van der Waals surface area (Å²) in [6, 6.07) is 4.64. The summed E-state index contributed by atoms with van der Waals surface area (Å²) in [7, 11) is 0. The van der Waals surface area contributed by atoms with Gasteiger partial charge in [0.05, 0.1) is 11.6 Å². The van der Waals surface area contributed by atoms with Crippen LogP contribution in [0.1, 0.15) is 30.3 Å². The molecule has 0 aromatic carbocycles. The second kappa shape index (κ2) is 3.86. The first kappa shape index (κ1) is 10.3. The van der Waals surface area contributed by atoms with Crippen LogP contribution in [0.25, 0.3) is 5.52 Å². The average molecular weight is 280 g/mol. The van der Waals surface area contributed by atoms with E-state index in [1.54, 1.807) is 0 Å². The van der Waals surface area contributed by atoms with Gasteiger partial charge in [-0.1, -0.05) is 6.07 Å². The molecule has 1 fully saturated rings. The van der Waals surface area contributed by atoms with Gasteiger partial charge in [0.25, 0.3) is 0 Å². The zero-order valence-corrected chi connectivity index (χ0v) is 10.8. The first-order valence-corrected chi connectivity index (χ1v) is 6.42. The van der Waals surface area contributed by atoms with Crippen molar-refractivity contribution in [2.24, 2.45) is 0 Å². The van der Waals surface area contributed by atoms with Crippen LogP contribution in [0.2, 0.25) is 0 Å². The Hall–Kier alpha value is -0.870. The smallest absolute Gasteiger partial charge is 0.132 e. The molecule has 1 aliphatic rings. The van der Waals surface area contributed by atoms with Crippen LogP contribution in [0.4, 0.5) is 0 Å². The molecule has 3 nitrogen and oxygen atoms in total. The summed E-state index contributed by atoms with van der Waals surface area (Å²) in [4.78, 5) is 4.63. The molecule has 0 saturated carbocycles. The van der Waals surface area contributed by atoms with Crippen LogP contribution in [0.15, 0.2) is 22.9 Å². The van der Waals surface area contributed by atoms with Crippen LogP contribution in [-0.4, -0.2) is 15.9 Å². The number of hydrogen-bond acceptors (Lipinski definition) is 2. The maximum atomic E-state index is 4.63. The highest BCUT2D eigenvalue weighted by Gasteiger charge is 2.22. The van der Waals surface area contributed by atoms with E-state index in [0.29, 0.717) is 6.04 Å². The van der Waals surface area contributed by atoms with Gasteiger partial charge in [-0.15, -0.1) is 0 Å². The van der Waals surface area contributed by atoms with Crippen LogP contribution >= 0.6 is 15.9 Å². The number of halogens is 1. The fourth-order valence-electron chi connectivity index (χ4n) is 2.33. The Labute approximate surface area is 103 Å². The number of nitrogens with one attached hydrogen (secondary N) is 1. The third kappa shape index (κ3) is 1.57. The lowest BCUT2D eigenvalue weighted by atomic mass is 10.2. The van der Waals surface area contributed by atoms with Crippen molar-refractivity contribution in [3.05, 3.63) is 34.3 Å². The van der Waals surface area contributed by atoms with Crippen molar-refractivity contribution in [1.29, 1.82) is 0 Å². The highest BCUT2D eigenvalue weighted by atomic mass is 79.9. The van der Waals surface area contributed by atoms with Gasteiger partial charge in [0, 0.05) is 6.20 Å². The first-order chi connectivity index (χ1) is 7.75. The fraction of sp³-hybridized carbons (Fsp3) is 0.417. The lowest BCUT2D eigenvalue weighted by Crippen LogP contribution is -2.15. The molecule has 1 unspecified atom stereocenters. The number of aromatic nitrogens is 2. The van der Waals surface area contributed by atoms with E-state index in [9.17, 15) is 0 Å². The maximum Gasteiger partial charge on any atom is 0.132 e. The van der Waals surface area contributed by atoms with E-state index in [-0.39, 0.29) is 0 Å². The lowest BCUT2D eigenvalue weighted by molar-refractivity contribution is 0.602. The Bertz CT molecular complexity index is 526. The zero-order chi connectivity index (χ0) is 11.1. The van der Waals surface area contributed by atoms with Gasteiger partial charge in [0.1, 0.15) is 10.4 Å². The van der Waals surface area contributed by atoms with Crippen molar-refractivity contribution < 1.29 is 0 Å². The Kier molecular flexibility index (Phi) is 2.48. The first-order valence-electron chi connectivity index (χ1n) is 5.63. The van der Waals surface area contributed by atoms with E-state index < -0.39 is 0 Å². The number of fused-ring (bicyclic) bond motifs is 1. The van der Waals surface area contributed by atoms with Crippen molar-refractivity contribution in [3.8, 4) is 0 Å². The van der Waals surface area contributed by atoms with Gasteiger partial charge in [-0.3, -0.25) is 0 Å². The van der Waals surface area contributed by atoms with Gasteiger partial charge in [0.2, 0.25) is 0 Å². The number of rotatable bonds is 1. The van der Waals surface area contributed by atoms with Crippen molar-refractivity contribution in [2.45, 2.75) is 25.8 Å². The van der Waals surface area contributed by atoms with Crippen LogP contribution in [0, 0.1) is 6.92 Å². The highest BCUT2D eigenvalue weighted by molar-refractivity contribution is 9.10. The second-order valence-electron chi connectivity index (χ2n) is 4.37. The summed E-state index contributed by atoms with van der Waals surface area (Å²) in [6.45, 7) is 3.21. The maximum absolute atomic E-state index is 4.63. The van der Waals surface area contributed by atoms with E-state index in [1.807, 2.05) is 0 Å². The summed E-state index contributed by atoms with van der Waals surface area (Å²) in [5.41, 5.74) is 2.41. The Morgan fingerprint density at radius 3 is 3.12 bits per heavy atom. The van der Waals surface area contributed by atoms with Gasteiger partial charge >= 0.3 is 0 Å². The van der Waals surface area contributed by atoms with Crippen LogP contribution in [0.5, 0.6) is 0 Å². The van der Waals surface area contributed by atoms with Gasteiger partial charge in [-0.05, 0) is 53.9 Å². The molecule has 0 radical (unpaired) electrons. The minimum Gasteiger partial charge on any atom is -0.307 e. The van der Waals surface area contributed by atoms with E-state index in [1.165, 1.54) is 18.4 Å². The third-order valence-corrected chi connectivity index (χ3v) is 3.72. The Morgan fingerprint density at radius 1 is 1.50 bits per heavy atom. The molecule has 16 heavy (non-hydrogen) atoms. The second-order valence-corrected chi connectivity index (χ2v) is 5.12. The number of nitrogens with zero attached hydrogens (tertiary/aromatic N) is 2. The predicted molar refractivity (Wildman–Crippen MR) is 67.6 cm³/mol. The molecule has 1 atom stereocenters. The van der Waals surface area contributed by atoms with Gasteiger partial charge in [-0.25, -0.2) is 4.98 Å². The molecule has 1 saturated heterocycles. The molecule has 3 heterocycles. The average Bonchev–Trinajstić information content (AvgIpc) is 2.86. The molecule has 84 valence electrons. The van der Waals surface area contributed by atoms with Crippen molar-refractivity contribution >= 4 is 21.4 Å². The van der Waals surface area contributed by atoms with E-state index in [4.69, 9.17) is 0 Å². The fourth-order valence-corrected chi connectivity index (χ4v) is 2.83. The molecule has 4 heteroatoms. The standard InChI is InChI=1S/C12H14BrN3/c1-8-4-5-10-11(13)15-12(16(10)7-8)9-3-2-6-14-9/h4-5,7,9,14H,2-3,6H2,1H3. The van der Waals surface area contributed by atoms with E-state index >= 15 is 0 Å². The summed E-state index contributed by atoms with van der Waals surface area (Å²) < 4.78 is 3.14. The monoisotopic (exact) mass is 279 g/mol. The molecule has 0 amide bonds. The number of aryl methyl sites for hydroxylation is 1. The molecular formula is C12H14BrN3. The summed E-state index contributed by atoms with van der Waals surface area (Å²) in [6.07, 6.45) is 4.57. The molecule has 0 bridgehead atoms. The van der Waals surface area contributed by atoms with Crippen molar-refractivity contribution in [3.63, 3.8) is 0 Å². The molecule has 2 aromatic rings. The molecule has 0 spiro atoms. The molecule has 0 aliphatic carbocycles.